The summed E-state index contributed by atoms with van der Waals surface area (Å²) in [6.45, 7) is 7.57. The fraction of sp³-hybridized carbons (Fsp3) is 0.417. The molecule has 0 saturated carbocycles. The lowest BCUT2D eigenvalue weighted by molar-refractivity contribution is 0.378. The minimum Gasteiger partial charge on any atom is -0.370 e. The number of aliphatic imine (C=N–C) groups is 1. The van der Waals surface area contributed by atoms with Gasteiger partial charge in [0.15, 0.2) is 5.96 Å². The first-order valence-electron chi connectivity index (χ1n) is 6.07. The van der Waals surface area contributed by atoms with E-state index in [9.17, 15) is 0 Å². The Kier molecular flexibility index (Phi) is 7.20. The molecule has 1 saturated heterocycles. The maximum absolute atomic E-state index is 5.95. The van der Waals surface area contributed by atoms with Gasteiger partial charge in [0.25, 0.3) is 0 Å². The molecule has 0 atom stereocenters. The lowest BCUT2D eigenvalue weighted by Crippen LogP contribution is -2.51. The van der Waals surface area contributed by atoms with Gasteiger partial charge >= 0.3 is 0 Å². The monoisotopic (exact) mass is 452 g/mol. The van der Waals surface area contributed by atoms with E-state index in [1.807, 2.05) is 6.07 Å². The molecule has 0 amide bonds. The number of halogens is 2. The van der Waals surface area contributed by atoms with Crippen LogP contribution in [0.15, 0.2) is 34.5 Å². The molecule has 1 aromatic heterocycles. The number of hydrogen-bond donors (Lipinski definition) is 1. The van der Waals surface area contributed by atoms with Crippen molar-refractivity contribution < 1.29 is 0 Å². The van der Waals surface area contributed by atoms with Gasteiger partial charge < -0.3 is 15.5 Å². The highest BCUT2D eigenvalue weighted by atomic mass is 127. The summed E-state index contributed by atoms with van der Waals surface area (Å²) in [7, 11) is 0. The van der Waals surface area contributed by atoms with Crippen molar-refractivity contribution in [3.63, 3.8) is 0 Å². The average molecular weight is 453 g/mol. The van der Waals surface area contributed by atoms with Crippen LogP contribution in [0.1, 0.15) is 0 Å². The van der Waals surface area contributed by atoms with E-state index in [4.69, 9.17) is 5.73 Å². The highest BCUT2D eigenvalue weighted by molar-refractivity contribution is 14.0. The number of nitrogens with zero attached hydrogens (tertiary/aromatic N) is 5. The molecule has 1 aliphatic heterocycles. The smallest absolute Gasteiger partial charge is 0.225 e. The topological polar surface area (TPSA) is 70.6 Å². The Morgan fingerprint density at radius 3 is 2.45 bits per heavy atom. The summed E-state index contributed by atoms with van der Waals surface area (Å²) in [5.41, 5.74) is 5.95. The molecule has 2 rings (SSSR count). The van der Waals surface area contributed by atoms with Gasteiger partial charge in [0.05, 0.1) is 6.54 Å². The first kappa shape index (κ1) is 17.2. The molecular weight excluding hydrogens is 435 g/mol. The molecule has 0 spiro atoms. The van der Waals surface area contributed by atoms with Gasteiger partial charge in [-0.3, -0.25) is 0 Å². The van der Waals surface area contributed by atoms with E-state index in [1.54, 1.807) is 12.4 Å². The number of nitrogens with two attached hydrogens (primary N) is 1. The van der Waals surface area contributed by atoms with Gasteiger partial charge in [-0.25, -0.2) is 15.0 Å². The molecule has 0 aliphatic carbocycles. The fourth-order valence-electron chi connectivity index (χ4n) is 1.86. The molecule has 0 radical (unpaired) electrons. The Labute approximate surface area is 144 Å². The zero-order valence-electron chi connectivity index (χ0n) is 11.1. The molecule has 2 N–H and O–H groups in total. The van der Waals surface area contributed by atoms with E-state index in [1.165, 1.54) is 0 Å². The van der Waals surface area contributed by atoms with Crippen molar-refractivity contribution in [1.29, 1.82) is 0 Å². The normalized spacial score (nSPS) is 15.8. The zero-order chi connectivity index (χ0) is 13.7. The largest absolute Gasteiger partial charge is 0.370 e. The fourth-order valence-corrected chi connectivity index (χ4v) is 1.98. The van der Waals surface area contributed by atoms with Crippen molar-refractivity contribution in [3.05, 3.63) is 29.5 Å². The molecule has 0 unspecified atom stereocenters. The highest BCUT2D eigenvalue weighted by Crippen LogP contribution is 2.09. The summed E-state index contributed by atoms with van der Waals surface area (Å²) >= 11 is 3.27. The summed E-state index contributed by atoms with van der Waals surface area (Å²) in [5.74, 6) is 1.33. The SMILES string of the molecule is C=C(Br)CN=C(N)N1CCN(c2ncccn2)CC1.I. The van der Waals surface area contributed by atoms with Crippen LogP contribution in [0.3, 0.4) is 0 Å². The molecule has 2 heterocycles. The number of rotatable bonds is 3. The van der Waals surface area contributed by atoms with Crippen LogP contribution in [0.4, 0.5) is 5.95 Å². The second kappa shape index (κ2) is 8.40. The lowest BCUT2D eigenvalue weighted by Gasteiger charge is -2.35. The summed E-state index contributed by atoms with van der Waals surface area (Å²) in [6.07, 6.45) is 3.51. The van der Waals surface area contributed by atoms with Gasteiger partial charge in [-0.1, -0.05) is 22.5 Å². The highest BCUT2D eigenvalue weighted by Gasteiger charge is 2.19. The number of anilines is 1. The van der Waals surface area contributed by atoms with Gasteiger partial charge in [-0.2, -0.15) is 0 Å². The standard InChI is InChI=1S/C12H17BrN6.HI/c1-10(13)9-17-11(14)18-5-7-19(8-6-18)12-15-3-2-4-16-12;/h2-4H,1,5-9H2,(H2,14,17);1H. The minimum atomic E-state index is 0. The average Bonchev–Trinajstić information content (AvgIpc) is 2.46. The first-order chi connectivity index (χ1) is 9.16. The third-order valence-corrected chi connectivity index (χ3v) is 3.10. The predicted molar refractivity (Wildman–Crippen MR) is 95.8 cm³/mol. The molecule has 6 nitrogen and oxygen atoms in total. The van der Waals surface area contributed by atoms with Crippen LogP contribution >= 0.6 is 39.9 Å². The van der Waals surface area contributed by atoms with E-state index < -0.39 is 0 Å². The second-order valence-electron chi connectivity index (χ2n) is 4.21. The van der Waals surface area contributed by atoms with Crippen molar-refractivity contribution in [2.24, 2.45) is 10.7 Å². The third-order valence-electron chi connectivity index (χ3n) is 2.85. The molecule has 0 bridgehead atoms. The van der Waals surface area contributed by atoms with Gasteiger partial charge in [0.2, 0.25) is 5.95 Å². The van der Waals surface area contributed by atoms with E-state index in [0.29, 0.717) is 12.5 Å². The summed E-state index contributed by atoms with van der Waals surface area (Å²) in [6, 6.07) is 1.82. The zero-order valence-corrected chi connectivity index (χ0v) is 15.0. The van der Waals surface area contributed by atoms with E-state index in [2.05, 4.69) is 47.3 Å². The molecule has 0 aromatic carbocycles. The Hall–Kier alpha value is -0.900. The Morgan fingerprint density at radius 2 is 1.90 bits per heavy atom. The summed E-state index contributed by atoms with van der Waals surface area (Å²) in [4.78, 5) is 17.0. The lowest BCUT2D eigenvalue weighted by atomic mass is 10.3. The number of hydrogen-bond acceptors (Lipinski definition) is 4. The van der Waals surface area contributed by atoms with Crippen molar-refractivity contribution in [2.75, 3.05) is 37.6 Å². The third kappa shape index (κ3) is 4.89. The van der Waals surface area contributed by atoms with Gasteiger partial charge in [-0.05, 0) is 6.07 Å². The predicted octanol–water partition coefficient (Wildman–Crippen LogP) is 1.44. The molecule has 1 aromatic rings. The Bertz CT molecular complexity index is 458. The van der Waals surface area contributed by atoms with E-state index in [0.717, 1.165) is 36.6 Å². The molecule has 1 fully saturated rings. The number of guanidine groups is 1. The second-order valence-corrected chi connectivity index (χ2v) is 5.34. The van der Waals surface area contributed by atoms with E-state index >= 15 is 0 Å². The molecule has 110 valence electrons. The first-order valence-corrected chi connectivity index (χ1v) is 6.86. The Balaban J connectivity index is 0.00000200. The van der Waals surface area contributed by atoms with Crippen LogP contribution in [0.5, 0.6) is 0 Å². The van der Waals surface area contributed by atoms with Crippen LogP contribution in [0.2, 0.25) is 0 Å². The van der Waals surface area contributed by atoms with Crippen LogP contribution in [0.25, 0.3) is 0 Å². The number of piperazine rings is 1. The van der Waals surface area contributed by atoms with Crippen LogP contribution in [-0.2, 0) is 0 Å². The maximum Gasteiger partial charge on any atom is 0.225 e. The van der Waals surface area contributed by atoms with Gasteiger partial charge in [0, 0.05) is 43.1 Å². The number of aromatic nitrogens is 2. The summed E-state index contributed by atoms with van der Waals surface area (Å²) in [5, 5.41) is 0. The van der Waals surface area contributed by atoms with Crippen molar-refractivity contribution in [3.8, 4) is 0 Å². The van der Waals surface area contributed by atoms with Crippen molar-refractivity contribution in [2.45, 2.75) is 0 Å². The summed E-state index contributed by atoms with van der Waals surface area (Å²) < 4.78 is 0.826. The van der Waals surface area contributed by atoms with Crippen LogP contribution < -0.4 is 10.6 Å². The van der Waals surface area contributed by atoms with E-state index in [-0.39, 0.29) is 24.0 Å². The maximum atomic E-state index is 5.95. The van der Waals surface area contributed by atoms with Crippen LogP contribution in [0, 0.1) is 0 Å². The molecule has 20 heavy (non-hydrogen) atoms. The molecule has 8 heteroatoms. The molecule has 1 aliphatic rings. The van der Waals surface area contributed by atoms with Gasteiger partial charge in [0.1, 0.15) is 0 Å². The minimum absolute atomic E-state index is 0. The van der Waals surface area contributed by atoms with Crippen molar-refractivity contribution in [1.82, 2.24) is 14.9 Å². The molecular formula is C12H18BrIN6. The quantitative estimate of drug-likeness (QED) is 0.427. The Morgan fingerprint density at radius 1 is 1.30 bits per heavy atom. The van der Waals surface area contributed by atoms with Crippen LogP contribution in [-0.4, -0.2) is 53.6 Å². The van der Waals surface area contributed by atoms with Crippen molar-refractivity contribution >= 4 is 51.8 Å². The van der Waals surface area contributed by atoms with Gasteiger partial charge in [-0.15, -0.1) is 24.0 Å².